The van der Waals surface area contributed by atoms with Gasteiger partial charge in [-0.3, -0.25) is 9.69 Å². The molecule has 1 saturated heterocycles. The van der Waals surface area contributed by atoms with Gasteiger partial charge in [0.05, 0.1) is 24.6 Å². The van der Waals surface area contributed by atoms with Crippen LogP contribution in [0.5, 0.6) is 0 Å². The Hall–Kier alpha value is -1.12. The van der Waals surface area contributed by atoms with E-state index in [9.17, 15) is 9.90 Å². The standard InChI is InChI=1S/C10H17N3O2/c1-10(15)3-6-13(8-10)7-9(14)12-5-2-4-11/h15H,2-3,5-8H2,1H3,(H,12,14). The molecular weight excluding hydrogens is 194 g/mol. The van der Waals surface area contributed by atoms with Gasteiger partial charge in [0, 0.05) is 19.6 Å². The maximum absolute atomic E-state index is 11.3. The van der Waals surface area contributed by atoms with Crippen LogP contribution in [0.15, 0.2) is 0 Å². The Morgan fingerprint density at radius 1 is 1.73 bits per heavy atom. The van der Waals surface area contributed by atoms with Crippen LogP contribution in [-0.2, 0) is 4.79 Å². The van der Waals surface area contributed by atoms with Crippen LogP contribution in [0.3, 0.4) is 0 Å². The monoisotopic (exact) mass is 211 g/mol. The van der Waals surface area contributed by atoms with Crippen LogP contribution < -0.4 is 5.32 Å². The Kier molecular flexibility index (Phi) is 4.06. The van der Waals surface area contributed by atoms with Crippen LogP contribution in [0.4, 0.5) is 0 Å². The van der Waals surface area contributed by atoms with Crippen LogP contribution in [0, 0.1) is 11.3 Å². The van der Waals surface area contributed by atoms with Gasteiger partial charge in [-0.1, -0.05) is 0 Å². The summed E-state index contributed by atoms with van der Waals surface area (Å²) in [7, 11) is 0. The minimum atomic E-state index is -0.660. The highest BCUT2D eigenvalue weighted by Crippen LogP contribution is 2.19. The van der Waals surface area contributed by atoms with E-state index >= 15 is 0 Å². The van der Waals surface area contributed by atoms with Gasteiger partial charge >= 0.3 is 0 Å². The number of aliphatic hydroxyl groups is 1. The molecular formula is C10H17N3O2. The third kappa shape index (κ3) is 4.28. The van der Waals surface area contributed by atoms with Crippen molar-refractivity contribution in [2.75, 3.05) is 26.2 Å². The summed E-state index contributed by atoms with van der Waals surface area (Å²) in [5, 5.41) is 20.6. The van der Waals surface area contributed by atoms with Gasteiger partial charge in [0.2, 0.25) is 5.91 Å². The summed E-state index contributed by atoms with van der Waals surface area (Å²) in [6.07, 6.45) is 1.04. The van der Waals surface area contributed by atoms with Gasteiger partial charge in [0.25, 0.3) is 0 Å². The van der Waals surface area contributed by atoms with Crippen molar-refractivity contribution in [3.63, 3.8) is 0 Å². The second-order valence-corrected chi connectivity index (χ2v) is 4.22. The number of hydrogen-bond donors (Lipinski definition) is 2. The molecule has 1 rings (SSSR count). The first-order valence-corrected chi connectivity index (χ1v) is 5.12. The lowest BCUT2D eigenvalue weighted by atomic mass is 10.1. The first-order chi connectivity index (χ1) is 7.03. The third-order valence-corrected chi connectivity index (χ3v) is 2.46. The largest absolute Gasteiger partial charge is 0.389 e. The third-order valence-electron chi connectivity index (χ3n) is 2.46. The van der Waals surface area contributed by atoms with Crippen LogP contribution in [0.2, 0.25) is 0 Å². The molecule has 84 valence electrons. The molecule has 1 fully saturated rings. The molecule has 2 N–H and O–H groups in total. The molecule has 0 aromatic carbocycles. The molecule has 1 aliphatic heterocycles. The van der Waals surface area contributed by atoms with E-state index in [-0.39, 0.29) is 5.91 Å². The van der Waals surface area contributed by atoms with Crippen molar-refractivity contribution in [3.05, 3.63) is 0 Å². The van der Waals surface area contributed by atoms with E-state index in [0.29, 0.717) is 32.5 Å². The maximum Gasteiger partial charge on any atom is 0.234 e. The number of rotatable bonds is 4. The zero-order chi connectivity index (χ0) is 11.3. The second kappa shape index (κ2) is 5.10. The van der Waals surface area contributed by atoms with Gasteiger partial charge in [0.1, 0.15) is 0 Å². The fourth-order valence-electron chi connectivity index (χ4n) is 1.69. The van der Waals surface area contributed by atoms with Crippen molar-refractivity contribution < 1.29 is 9.90 Å². The van der Waals surface area contributed by atoms with Crippen LogP contribution in [-0.4, -0.2) is 47.7 Å². The van der Waals surface area contributed by atoms with Gasteiger partial charge in [-0.15, -0.1) is 0 Å². The van der Waals surface area contributed by atoms with Crippen molar-refractivity contribution in [3.8, 4) is 6.07 Å². The molecule has 0 bridgehead atoms. The topological polar surface area (TPSA) is 76.4 Å². The quantitative estimate of drug-likeness (QED) is 0.613. The van der Waals surface area contributed by atoms with Crippen molar-refractivity contribution in [2.45, 2.75) is 25.4 Å². The molecule has 1 amide bonds. The number of likely N-dealkylation sites (tertiary alicyclic amines) is 1. The van der Waals surface area contributed by atoms with E-state index in [0.717, 1.165) is 6.54 Å². The molecule has 5 heteroatoms. The van der Waals surface area contributed by atoms with Crippen molar-refractivity contribution in [2.24, 2.45) is 0 Å². The summed E-state index contributed by atoms with van der Waals surface area (Å²) in [6, 6.07) is 1.96. The lowest BCUT2D eigenvalue weighted by molar-refractivity contribution is -0.122. The second-order valence-electron chi connectivity index (χ2n) is 4.22. The highest BCUT2D eigenvalue weighted by Gasteiger charge is 2.31. The van der Waals surface area contributed by atoms with E-state index < -0.39 is 5.60 Å². The molecule has 0 radical (unpaired) electrons. The molecule has 15 heavy (non-hydrogen) atoms. The van der Waals surface area contributed by atoms with Crippen molar-refractivity contribution in [1.29, 1.82) is 5.26 Å². The number of β-amino-alcohol motifs (C(OH)–C–C–N with tert-alkyl or cyclic N) is 1. The van der Waals surface area contributed by atoms with E-state index in [4.69, 9.17) is 5.26 Å². The molecule has 5 nitrogen and oxygen atoms in total. The Morgan fingerprint density at radius 2 is 2.47 bits per heavy atom. The SMILES string of the molecule is CC1(O)CCN(CC(=O)NCCC#N)C1. The van der Waals surface area contributed by atoms with Crippen molar-refractivity contribution >= 4 is 5.91 Å². The zero-order valence-corrected chi connectivity index (χ0v) is 8.99. The van der Waals surface area contributed by atoms with E-state index in [1.165, 1.54) is 0 Å². The summed E-state index contributed by atoms with van der Waals surface area (Å²) in [5.41, 5.74) is -0.660. The van der Waals surface area contributed by atoms with E-state index in [1.807, 2.05) is 11.0 Å². The van der Waals surface area contributed by atoms with Crippen LogP contribution in [0.25, 0.3) is 0 Å². The molecule has 0 aromatic heterocycles. The number of hydrogen-bond acceptors (Lipinski definition) is 4. The number of nitriles is 1. The van der Waals surface area contributed by atoms with E-state index in [1.54, 1.807) is 6.92 Å². The first-order valence-electron chi connectivity index (χ1n) is 5.12. The summed E-state index contributed by atoms with van der Waals surface area (Å²) < 4.78 is 0. The summed E-state index contributed by atoms with van der Waals surface area (Å²) in [5.74, 6) is -0.0806. The van der Waals surface area contributed by atoms with Gasteiger partial charge in [-0.2, -0.15) is 5.26 Å². The van der Waals surface area contributed by atoms with Crippen LogP contribution in [0.1, 0.15) is 19.8 Å². The average Bonchev–Trinajstić information content (AvgIpc) is 2.46. The lowest BCUT2D eigenvalue weighted by Crippen LogP contribution is -2.38. The lowest BCUT2D eigenvalue weighted by Gasteiger charge is -2.18. The Morgan fingerprint density at radius 3 is 3.00 bits per heavy atom. The minimum absolute atomic E-state index is 0.0806. The summed E-state index contributed by atoms with van der Waals surface area (Å²) in [6.45, 7) is 3.78. The molecule has 0 aromatic rings. The molecule has 0 spiro atoms. The van der Waals surface area contributed by atoms with Gasteiger partial charge in [-0.25, -0.2) is 0 Å². The molecule has 1 heterocycles. The van der Waals surface area contributed by atoms with Gasteiger partial charge in [-0.05, 0) is 13.3 Å². The smallest absolute Gasteiger partial charge is 0.234 e. The predicted molar refractivity (Wildman–Crippen MR) is 54.9 cm³/mol. The average molecular weight is 211 g/mol. The number of amides is 1. The Balaban J connectivity index is 2.20. The van der Waals surface area contributed by atoms with Crippen molar-refractivity contribution in [1.82, 2.24) is 10.2 Å². The normalized spacial score (nSPS) is 26.2. The van der Waals surface area contributed by atoms with Gasteiger partial charge in [0.15, 0.2) is 0 Å². The number of nitrogens with one attached hydrogen (secondary N) is 1. The molecule has 1 unspecified atom stereocenters. The minimum Gasteiger partial charge on any atom is -0.389 e. The Labute approximate surface area is 89.7 Å². The fraction of sp³-hybridized carbons (Fsp3) is 0.800. The molecule has 0 aliphatic carbocycles. The van der Waals surface area contributed by atoms with Crippen LogP contribution >= 0.6 is 0 Å². The molecule has 1 aliphatic rings. The molecule has 1 atom stereocenters. The summed E-state index contributed by atoms with van der Waals surface area (Å²) >= 11 is 0. The highest BCUT2D eigenvalue weighted by atomic mass is 16.3. The molecule has 0 saturated carbocycles. The predicted octanol–water partition coefficient (Wildman–Crippen LogP) is -0.527. The Bertz CT molecular complexity index is 270. The maximum atomic E-state index is 11.3. The van der Waals surface area contributed by atoms with E-state index in [2.05, 4.69) is 5.32 Å². The summed E-state index contributed by atoms with van der Waals surface area (Å²) in [4.78, 5) is 13.3. The zero-order valence-electron chi connectivity index (χ0n) is 8.99. The highest BCUT2D eigenvalue weighted by molar-refractivity contribution is 5.78. The van der Waals surface area contributed by atoms with Gasteiger partial charge < -0.3 is 10.4 Å². The number of carbonyl (C=O) groups excluding carboxylic acids is 1. The number of nitrogens with zero attached hydrogens (tertiary/aromatic N) is 2. The first kappa shape index (κ1) is 12.0. The number of carbonyl (C=O) groups is 1. The fourth-order valence-corrected chi connectivity index (χ4v) is 1.69.